The smallest absolute Gasteiger partial charge is 0.128 e. The Kier molecular flexibility index (Phi) is 6.67. The van der Waals surface area contributed by atoms with E-state index in [4.69, 9.17) is 9.73 Å². The Morgan fingerprint density at radius 2 is 1.81 bits per heavy atom. The molecule has 0 fully saturated rings. The number of aliphatic imine (C=N–C) groups is 1. The van der Waals surface area contributed by atoms with Gasteiger partial charge in [-0.1, -0.05) is 88.2 Å². The zero-order valence-electron chi connectivity index (χ0n) is 20.8. The first-order valence-corrected chi connectivity index (χ1v) is 13.6. The molecule has 0 bridgehead atoms. The molecular weight excluding hydrogens is 520 g/mol. The molecule has 0 unspecified atom stereocenters. The number of aryl methyl sites for hydroxylation is 1. The number of nitrogens with one attached hydrogen (secondary N) is 1. The van der Waals surface area contributed by atoms with Gasteiger partial charge in [-0.2, -0.15) is 0 Å². The number of nitrogens with zero attached hydrogens (tertiary/aromatic N) is 1. The van der Waals surface area contributed by atoms with Gasteiger partial charge in [0, 0.05) is 27.9 Å². The fraction of sp³-hybridized carbons (Fsp3) is 0.182. The highest BCUT2D eigenvalue weighted by Gasteiger charge is 2.37. The minimum absolute atomic E-state index is 0.288. The topological polar surface area (TPSA) is 33.6 Å². The Balaban J connectivity index is 1.20. The molecule has 4 aromatic rings. The number of rotatable bonds is 6. The second kappa shape index (κ2) is 10.4. The Bertz CT molecular complexity index is 1460. The van der Waals surface area contributed by atoms with Crippen LogP contribution in [0.5, 0.6) is 5.75 Å². The lowest BCUT2D eigenvalue weighted by molar-refractivity contribution is 0.306. The van der Waals surface area contributed by atoms with E-state index in [9.17, 15) is 0 Å². The molecule has 4 aromatic carbocycles. The maximum absolute atomic E-state index is 6.11. The third kappa shape index (κ3) is 5.12. The van der Waals surface area contributed by atoms with Gasteiger partial charge in [-0.25, -0.2) is 0 Å². The van der Waals surface area contributed by atoms with Crippen LogP contribution < -0.4 is 10.1 Å². The van der Waals surface area contributed by atoms with Gasteiger partial charge in [-0.05, 0) is 72.4 Å². The molecule has 0 aromatic heterocycles. The van der Waals surface area contributed by atoms with E-state index < -0.39 is 0 Å². The van der Waals surface area contributed by atoms with Crippen LogP contribution in [-0.4, -0.2) is 6.21 Å². The van der Waals surface area contributed by atoms with Gasteiger partial charge in [0.1, 0.15) is 12.4 Å². The van der Waals surface area contributed by atoms with Gasteiger partial charge in [0.2, 0.25) is 0 Å². The summed E-state index contributed by atoms with van der Waals surface area (Å²) in [5.74, 6) is 1.83. The molecule has 0 saturated heterocycles. The summed E-state index contributed by atoms with van der Waals surface area (Å²) in [4.78, 5) is 4.77. The van der Waals surface area contributed by atoms with Crippen LogP contribution in [0.1, 0.15) is 46.2 Å². The van der Waals surface area contributed by atoms with Crippen LogP contribution in [0.2, 0.25) is 0 Å². The zero-order valence-corrected chi connectivity index (χ0v) is 22.4. The van der Waals surface area contributed by atoms with E-state index in [0.717, 1.165) is 33.5 Å². The quantitative estimate of drug-likeness (QED) is 0.192. The molecule has 37 heavy (non-hydrogen) atoms. The molecule has 1 N–H and O–H groups in total. The van der Waals surface area contributed by atoms with E-state index in [1.807, 2.05) is 42.6 Å². The van der Waals surface area contributed by atoms with Crippen molar-refractivity contribution in [2.24, 2.45) is 10.9 Å². The van der Waals surface area contributed by atoms with Crippen LogP contribution in [0, 0.1) is 12.8 Å². The maximum Gasteiger partial charge on any atom is 0.128 e. The summed E-state index contributed by atoms with van der Waals surface area (Å²) in [5.41, 5.74) is 8.30. The van der Waals surface area contributed by atoms with Gasteiger partial charge in [0.25, 0.3) is 0 Å². The molecule has 1 aliphatic carbocycles. The molecule has 2 aliphatic rings. The Labute approximate surface area is 227 Å². The SMILES string of the molecule is Cc1ccc2c(c1)[C@@H]1C=CC[C@H]1[C@H](c1ccc(N=Cc3cc(Br)ccc3OCc3ccccc3)cc1)N2. The molecule has 1 aliphatic heterocycles. The predicted octanol–water partition coefficient (Wildman–Crippen LogP) is 8.91. The first-order valence-electron chi connectivity index (χ1n) is 12.8. The highest BCUT2D eigenvalue weighted by molar-refractivity contribution is 9.10. The third-order valence-corrected chi connectivity index (χ3v) is 7.83. The van der Waals surface area contributed by atoms with Gasteiger partial charge < -0.3 is 10.1 Å². The van der Waals surface area contributed by atoms with Crippen molar-refractivity contribution in [1.29, 1.82) is 0 Å². The first kappa shape index (κ1) is 23.7. The first-order chi connectivity index (χ1) is 18.1. The molecule has 6 rings (SSSR count). The maximum atomic E-state index is 6.11. The predicted molar refractivity (Wildman–Crippen MR) is 156 cm³/mol. The zero-order chi connectivity index (χ0) is 25.2. The van der Waals surface area contributed by atoms with Crippen molar-refractivity contribution in [2.45, 2.75) is 31.9 Å². The second-order valence-electron chi connectivity index (χ2n) is 9.87. The standard InChI is InChI=1S/C33H29BrN2O/c1-22-10-16-31-30(18-22)28-8-5-9-29(28)33(36-31)24-11-14-27(15-12-24)35-20-25-19-26(34)13-17-32(25)37-21-23-6-3-2-4-7-23/h2-8,10-20,28-29,33,36H,9,21H2,1H3/t28-,29-,33+/m1/s1. The van der Waals surface area contributed by atoms with Crippen molar-refractivity contribution in [2.75, 3.05) is 5.32 Å². The van der Waals surface area contributed by atoms with Crippen molar-refractivity contribution >= 4 is 33.5 Å². The van der Waals surface area contributed by atoms with Crippen LogP contribution in [0.25, 0.3) is 0 Å². The van der Waals surface area contributed by atoms with E-state index in [2.05, 4.69) is 94.9 Å². The van der Waals surface area contributed by atoms with Crippen LogP contribution >= 0.6 is 15.9 Å². The summed E-state index contributed by atoms with van der Waals surface area (Å²) in [6, 6.07) is 31.9. The molecule has 4 heteroatoms. The minimum atomic E-state index is 0.288. The summed E-state index contributed by atoms with van der Waals surface area (Å²) in [5, 5.41) is 3.83. The number of allylic oxidation sites excluding steroid dienone is 2. The number of hydrogen-bond donors (Lipinski definition) is 1. The normalized spacial score (nSPS) is 19.9. The Morgan fingerprint density at radius 3 is 2.65 bits per heavy atom. The fourth-order valence-corrected chi connectivity index (χ4v) is 5.82. The van der Waals surface area contributed by atoms with E-state index >= 15 is 0 Å². The van der Waals surface area contributed by atoms with Gasteiger partial charge >= 0.3 is 0 Å². The second-order valence-corrected chi connectivity index (χ2v) is 10.8. The molecular formula is C33H29BrN2O. The Hall–Kier alpha value is -3.63. The van der Waals surface area contributed by atoms with E-state index in [-0.39, 0.29) is 6.04 Å². The Morgan fingerprint density at radius 1 is 0.973 bits per heavy atom. The molecule has 0 spiro atoms. The molecule has 0 amide bonds. The monoisotopic (exact) mass is 548 g/mol. The number of anilines is 1. The van der Waals surface area contributed by atoms with Crippen LogP contribution in [0.4, 0.5) is 11.4 Å². The van der Waals surface area contributed by atoms with Gasteiger partial charge in [0.05, 0.1) is 11.7 Å². The largest absolute Gasteiger partial charge is 0.488 e. The van der Waals surface area contributed by atoms with Crippen LogP contribution in [0.15, 0.2) is 113 Å². The average molecular weight is 550 g/mol. The number of hydrogen-bond acceptors (Lipinski definition) is 3. The molecule has 3 nitrogen and oxygen atoms in total. The minimum Gasteiger partial charge on any atom is -0.488 e. The molecule has 1 heterocycles. The van der Waals surface area contributed by atoms with Gasteiger partial charge in [-0.15, -0.1) is 0 Å². The van der Waals surface area contributed by atoms with Crippen molar-refractivity contribution < 1.29 is 4.74 Å². The highest BCUT2D eigenvalue weighted by Crippen LogP contribution is 2.50. The van der Waals surface area contributed by atoms with Gasteiger partial charge in [0.15, 0.2) is 0 Å². The van der Waals surface area contributed by atoms with Gasteiger partial charge in [-0.3, -0.25) is 4.99 Å². The van der Waals surface area contributed by atoms with Crippen LogP contribution in [0.3, 0.4) is 0 Å². The number of benzene rings is 4. The molecule has 0 saturated carbocycles. The van der Waals surface area contributed by atoms with E-state index in [1.165, 1.54) is 22.4 Å². The molecule has 184 valence electrons. The van der Waals surface area contributed by atoms with E-state index in [0.29, 0.717) is 18.4 Å². The summed E-state index contributed by atoms with van der Waals surface area (Å²) in [7, 11) is 0. The lowest BCUT2D eigenvalue weighted by atomic mass is 9.76. The van der Waals surface area contributed by atoms with Crippen molar-refractivity contribution in [3.63, 3.8) is 0 Å². The van der Waals surface area contributed by atoms with Crippen molar-refractivity contribution in [3.8, 4) is 5.75 Å². The number of fused-ring (bicyclic) bond motifs is 3. The summed E-state index contributed by atoms with van der Waals surface area (Å²) >= 11 is 3.58. The van der Waals surface area contributed by atoms with Crippen molar-refractivity contribution in [1.82, 2.24) is 0 Å². The average Bonchev–Trinajstić information content (AvgIpc) is 3.42. The third-order valence-electron chi connectivity index (χ3n) is 7.33. The van der Waals surface area contributed by atoms with E-state index in [1.54, 1.807) is 0 Å². The summed E-state index contributed by atoms with van der Waals surface area (Å²) < 4.78 is 7.11. The molecule has 0 radical (unpaired) electrons. The van der Waals surface area contributed by atoms with Crippen molar-refractivity contribution in [3.05, 3.63) is 135 Å². The summed E-state index contributed by atoms with van der Waals surface area (Å²) in [6.45, 7) is 2.69. The number of halogens is 1. The fourth-order valence-electron chi connectivity index (χ4n) is 5.44. The lowest BCUT2D eigenvalue weighted by Crippen LogP contribution is -2.29. The highest BCUT2D eigenvalue weighted by atomic mass is 79.9. The molecule has 3 atom stereocenters. The van der Waals surface area contributed by atoms with Crippen LogP contribution in [-0.2, 0) is 6.61 Å². The number of ether oxygens (including phenoxy) is 1. The summed E-state index contributed by atoms with van der Waals surface area (Å²) in [6.07, 6.45) is 7.72. The lowest BCUT2D eigenvalue weighted by Gasteiger charge is -2.37.